The molecule has 0 atom stereocenters. The smallest absolute Gasteiger partial charge is 0.320 e. The van der Waals surface area contributed by atoms with E-state index in [-0.39, 0.29) is 6.03 Å². The topological polar surface area (TPSA) is 89.0 Å². The van der Waals surface area contributed by atoms with Gasteiger partial charge in [0.1, 0.15) is 6.61 Å². The standard InChI is InChI=1S/C20H17N5O2S/c1-21-18(26)25-20-24-16-8-7-14(11-17(16)28-20)15-9-10-22-19(23-15)27-12-13-5-3-2-4-6-13/h2-11H,12H2,1H3,(H2,21,24,25,26). The number of carbonyl (C=O) groups excluding carboxylic acids is 1. The van der Waals surface area contributed by atoms with Gasteiger partial charge in [0.05, 0.1) is 15.9 Å². The van der Waals surface area contributed by atoms with E-state index in [1.807, 2.05) is 54.6 Å². The third-order valence-corrected chi connectivity index (χ3v) is 4.91. The number of aromatic nitrogens is 3. The number of anilines is 1. The van der Waals surface area contributed by atoms with Gasteiger partial charge in [0.15, 0.2) is 5.13 Å². The fraction of sp³-hybridized carbons (Fsp3) is 0.100. The highest BCUT2D eigenvalue weighted by Crippen LogP contribution is 2.30. The van der Waals surface area contributed by atoms with E-state index in [2.05, 4.69) is 25.6 Å². The van der Waals surface area contributed by atoms with Gasteiger partial charge in [-0.2, -0.15) is 4.98 Å². The Kier molecular flexibility index (Phi) is 5.11. The second-order valence-electron chi connectivity index (χ2n) is 5.90. The first-order valence-electron chi connectivity index (χ1n) is 8.61. The molecule has 0 bridgehead atoms. The van der Waals surface area contributed by atoms with Gasteiger partial charge in [0.25, 0.3) is 0 Å². The lowest BCUT2D eigenvalue weighted by molar-refractivity contribution is 0.254. The molecule has 0 spiro atoms. The minimum absolute atomic E-state index is 0.296. The van der Waals surface area contributed by atoms with Crippen LogP contribution < -0.4 is 15.4 Å². The number of ether oxygens (including phenoxy) is 1. The van der Waals surface area contributed by atoms with Crippen LogP contribution in [0.1, 0.15) is 5.56 Å². The average Bonchev–Trinajstić information content (AvgIpc) is 3.14. The average molecular weight is 391 g/mol. The highest BCUT2D eigenvalue weighted by molar-refractivity contribution is 7.22. The van der Waals surface area contributed by atoms with Crippen molar-refractivity contribution in [3.63, 3.8) is 0 Å². The molecule has 2 aromatic heterocycles. The molecule has 140 valence electrons. The molecule has 0 aliphatic carbocycles. The third-order valence-electron chi connectivity index (χ3n) is 3.98. The summed E-state index contributed by atoms with van der Waals surface area (Å²) in [5.41, 5.74) is 3.55. The molecule has 4 rings (SSSR count). The third kappa shape index (κ3) is 4.07. The first kappa shape index (κ1) is 17.9. The van der Waals surface area contributed by atoms with E-state index in [1.165, 1.54) is 11.3 Å². The summed E-state index contributed by atoms with van der Waals surface area (Å²) >= 11 is 1.40. The number of hydrogen-bond donors (Lipinski definition) is 2. The molecular formula is C20H17N5O2S. The van der Waals surface area contributed by atoms with Crippen LogP contribution in [0, 0.1) is 0 Å². The zero-order valence-electron chi connectivity index (χ0n) is 15.0. The molecule has 2 N–H and O–H groups in total. The summed E-state index contributed by atoms with van der Waals surface area (Å²) in [4.78, 5) is 24.6. The van der Waals surface area contributed by atoms with Crippen LogP contribution in [0.5, 0.6) is 6.01 Å². The lowest BCUT2D eigenvalue weighted by Crippen LogP contribution is -2.24. The molecule has 0 radical (unpaired) electrons. The van der Waals surface area contributed by atoms with Gasteiger partial charge in [-0.15, -0.1) is 0 Å². The minimum atomic E-state index is -0.296. The Morgan fingerprint density at radius 1 is 1.11 bits per heavy atom. The summed E-state index contributed by atoms with van der Waals surface area (Å²) in [7, 11) is 1.56. The molecule has 4 aromatic rings. The van der Waals surface area contributed by atoms with Crippen molar-refractivity contribution in [2.24, 2.45) is 0 Å². The Balaban J connectivity index is 1.54. The molecule has 0 aliphatic heterocycles. The number of amides is 2. The van der Waals surface area contributed by atoms with E-state index in [0.29, 0.717) is 17.7 Å². The molecule has 2 amide bonds. The van der Waals surface area contributed by atoms with Gasteiger partial charge in [-0.25, -0.2) is 14.8 Å². The first-order valence-corrected chi connectivity index (χ1v) is 9.42. The molecule has 0 aliphatic rings. The predicted octanol–water partition coefficient (Wildman–Crippen LogP) is 4.08. The van der Waals surface area contributed by atoms with Crippen LogP contribution in [0.4, 0.5) is 9.93 Å². The van der Waals surface area contributed by atoms with Crippen molar-refractivity contribution in [2.45, 2.75) is 6.61 Å². The maximum Gasteiger partial charge on any atom is 0.320 e. The number of nitrogens with zero attached hydrogens (tertiary/aromatic N) is 3. The van der Waals surface area contributed by atoms with E-state index in [9.17, 15) is 4.79 Å². The fourth-order valence-corrected chi connectivity index (χ4v) is 3.49. The van der Waals surface area contributed by atoms with E-state index < -0.39 is 0 Å². The summed E-state index contributed by atoms with van der Waals surface area (Å²) in [6.07, 6.45) is 1.68. The van der Waals surface area contributed by atoms with E-state index in [0.717, 1.165) is 27.0 Å². The summed E-state index contributed by atoms with van der Waals surface area (Å²) in [6.45, 7) is 0.409. The van der Waals surface area contributed by atoms with Gasteiger partial charge >= 0.3 is 12.0 Å². The maximum absolute atomic E-state index is 11.5. The Morgan fingerprint density at radius 2 is 1.96 bits per heavy atom. The number of rotatable bonds is 5. The number of thiazole rings is 1. The highest BCUT2D eigenvalue weighted by atomic mass is 32.1. The Bertz CT molecular complexity index is 1110. The molecule has 0 fully saturated rings. The fourth-order valence-electron chi connectivity index (χ4n) is 2.59. The Hall–Kier alpha value is -3.52. The van der Waals surface area contributed by atoms with Crippen molar-refractivity contribution in [2.75, 3.05) is 12.4 Å². The van der Waals surface area contributed by atoms with Crippen molar-refractivity contribution in [3.05, 3.63) is 66.4 Å². The quantitative estimate of drug-likeness (QED) is 0.535. The molecule has 2 heterocycles. The number of carbonyl (C=O) groups is 1. The van der Waals surface area contributed by atoms with Crippen LogP contribution in [0.25, 0.3) is 21.5 Å². The molecule has 0 saturated heterocycles. The summed E-state index contributed by atoms with van der Waals surface area (Å²) in [5, 5.41) is 5.75. The Labute approximate surface area is 165 Å². The number of nitrogens with one attached hydrogen (secondary N) is 2. The van der Waals surface area contributed by atoms with Gasteiger partial charge in [0, 0.05) is 18.8 Å². The normalized spacial score (nSPS) is 10.6. The van der Waals surface area contributed by atoms with Crippen molar-refractivity contribution in [1.82, 2.24) is 20.3 Å². The molecular weight excluding hydrogens is 374 g/mol. The monoisotopic (exact) mass is 391 g/mol. The largest absolute Gasteiger partial charge is 0.459 e. The maximum atomic E-state index is 11.5. The number of benzene rings is 2. The number of fused-ring (bicyclic) bond motifs is 1. The Morgan fingerprint density at radius 3 is 2.79 bits per heavy atom. The number of urea groups is 1. The van der Waals surface area contributed by atoms with Gasteiger partial charge < -0.3 is 10.1 Å². The van der Waals surface area contributed by atoms with Crippen LogP contribution in [-0.2, 0) is 6.61 Å². The number of hydrogen-bond acceptors (Lipinski definition) is 6. The van der Waals surface area contributed by atoms with Crippen molar-refractivity contribution in [1.29, 1.82) is 0 Å². The van der Waals surface area contributed by atoms with E-state index >= 15 is 0 Å². The van der Waals surface area contributed by atoms with Gasteiger partial charge in [-0.05, 0) is 23.8 Å². The van der Waals surface area contributed by atoms with Crippen molar-refractivity contribution < 1.29 is 9.53 Å². The van der Waals surface area contributed by atoms with Crippen molar-refractivity contribution >= 4 is 32.7 Å². The van der Waals surface area contributed by atoms with Gasteiger partial charge in [0.2, 0.25) is 0 Å². The van der Waals surface area contributed by atoms with E-state index in [1.54, 1.807) is 13.2 Å². The summed E-state index contributed by atoms with van der Waals surface area (Å²) < 4.78 is 6.67. The zero-order valence-corrected chi connectivity index (χ0v) is 15.9. The van der Waals surface area contributed by atoms with Gasteiger partial charge in [-0.3, -0.25) is 5.32 Å². The molecule has 2 aromatic carbocycles. The molecule has 8 heteroatoms. The summed E-state index contributed by atoms with van der Waals surface area (Å²) in [6, 6.07) is 17.6. The summed E-state index contributed by atoms with van der Waals surface area (Å²) in [5.74, 6) is 0. The van der Waals surface area contributed by atoms with Crippen LogP contribution >= 0.6 is 11.3 Å². The SMILES string of the molecule is CNC(=O)Nc1nc2ccc(-c3ccnc(OCc4ccccc4)n3)cc2s1. The lowest BCUT2D eigenvalue weighted by atomic mass is 10.1. The second kappa shape index (κ2) is 8.01. The first-order chi connectivity index (χ1) is 13.7. The molecule has 28 heavy (non-hydrogen) atoms. The zero-order chi connectivity index (χ0) is 19.3. The lowest BCUT2D eigenvalue weighted by Gasteiger charge is -2.06. The molecule has 7 nitrogen and oxygen atoms in total. The highest BCUT2D eigenvalue weighted by Gasteiger charge is 2.09. The van der Waals surface area contributed by atoms with Crippen LogP contribution in [0.2, 0.25) is 0 Å². The van der Waals surface area contributed by atoms with Crippen LogP contribution in [0.3, 0.4) is 0 Å². The van der Waals surface area contributed by atoms with Crippen molar-refractivity contribution in [3.8, 4) is 17.3 Å². The van der Waals surface area contributed by atoms with Crippen LogP contribution in [0.15, 0.2) is 60.8 Å². The molecule has 0 saturated carbocycles. The molecule has 0 unspecified atom stereocenters. The minimum Gasteiger partial charge on any atom is -0.459 e. The van der Waals surface area contributed by atoms with E-state index in [4.69, 9.17) is 4.74 Å². The van der Waals surface area contributed by atoms with Crippen LogP contribution in [-0.4, -0.2) is 28.0 Å². The predicted molar refractivity (Wildman–Crippen MR) is 109 cm³/mol. The van der Waals surface area contributed by atoms with Gasteiger partial charge in [-0.1, -0.05) is 47.7 Å². The second-order valence-corrected chi connectivity index (χ2v) is 6.94.